The van der Waals surface area contributed by atoms with Gasteiger partial charge in [0, 0.05) is 16.7 Å². The van der Waals surface area contributed by atoms with Gasteiger partial charge in [-0.05, 0) is 30.2 Å². The van der Waals surface area contributed by atoms with Gasteiger partial charge in [-0.1, -0.05) is 52.3 Å². The van der Waals surface area contributed by atoms with Gasteiger partial charge >= 0.3 is 0 Å². The number of hydrogen-bond acceptors (Lipinski definition) is 2. The molecule has 2 nitrogen and oxygen atoms in total. The van der Waals surface area contributed by atoms with Gasteiger partial charge < -0.3 is 10.4 Å². The van der Waals surface area contributed by atoms with Crippen LogP contribution in [0.15, 0.2) is 53.0 Å². The minimum absolute atomic E-state index is 0.494. The fourth-order valence-corrected chi connectivity index (χ4v) is 2.09. The van der Waals surface area contributed by atoms with Gasteiger partial charge in [-0.3, -0.25) is 0 Å². The molecule has 1 unspecified atom stereocenters. The Kier molecular flexibility index (Phi) is 4.39. The van der Waals surface area contributed by atoms with Crippen LogP contribution in [0.3, 0.4) is 0 Å². The molecule has 2 rings (SSSR count). The highest BCUT2D eigenvalue weighted by atomic mass is 79.9. The van der Waals surface area contributed by atoms with Gasteiger partial charge in [-0.2, -0.15) is 0 Å². The van der Waals surface area contributed by atoms with Crippen LogP contribution in [0.2, 0.25) is 0 Å². The van der Waals surface area contributed by atoms with Crippen molar-refractivity contribution in [3.05, 3.63) is 64.1 Å². The first-order chi connectivity index (χ1) is 8.66. The first-order valence-corrected chi connectivity index (χ1v) is 6.69. The van der Waals surface area contributed by atoms with Gasteiger partial charge in [0.2, 0.25) is 0 Å². The van der Waals surface area contributed by atoms with Crippen molar-refractivity contribution in [3.8, 4) is 0 Å². The SMILES string of the molecule is Cc1ccc(NCC(O)c2ccccc2)cc1Br. The summed E-state index contributed by atoms with van der Waals surface area (Å²) < 4.78 is 1.07. The molecular weight excluding hydrogens is 290 g/mol. The number of aliphatic hydroxyl groups is 1. The molecular formula is C15H16BrNO. The summed E-state index contributed by atoms with van der Waals surface area (Å²) in [6, 6.07) is 15.7. The average molecular weight is 306 g/mol. The Morgan fingerprint density at radius 2 is 1.89 bits per heavy atom. The van der Waals surface area contributed by atoms with E-state index in [-0.39, 0.29) is 0 Å². The fraction of sp³-hybridized carbons (Fsp3) is 0.200. The first-order valence-electron chi connectivity index (χ1n) is 5.90. The maximum absolute atomic E-state index is 10.0. The number of nitrogens with one attached hydrogen (secondary N) is 1. The lowest BCUT2D eigenvalue weighted by molar-refractivity contribution is 0.191. The Labute approximate surface area is 116 Å². The Balaban J connectivity index is 1.97. The van der Waals surface area contributed by atoms with Crippen LogP contribution >= 0.6 is 15.9 Å². The second kappa shape index (κ2) is 6.03. The van der Waals surface area contributed by atoms with Gasteiger partial charge in [-0.25, -0.2) is 0 Å². The lowest BCUT2D eigenvalue weighted by Gasteiger charge is -2.13. The molecule has 2 aromatic rings. The Hall–Kier alpha value is -1.32. The van der Waals surface area contributed by atoms with Crippen molar-refractivity contribution < 1.29 is 5.11 Å². The number of hydrogen-bond donors (Lipinski definition) is 2. The molecule has 0 saturated heterocycles. The highest BCUT2D eigenvalue weighted by Gasteiger charge is 2.06. The molecule has 3 heteroatoms. The van der Waals surface area contributed by atoms with E-state index >= 15 is 0 Å². The maximum Gasteiger partial charge on any atom is 0.0962 e. The number of rotatable bonds is 4. The standard InChI is InChI=1S/C15H16BrNO/c1-11-7-8-13(9-14(11)16)17-10-15(18)12-5-3-2-4-6-12/h2-9,15,17-18H,10H2,1H3. The largest absolute Gasteiger partial charge is 0.387 e. The molecule has 1 atom stereocenters. The third-order valence-corrected chi connectivity index (χ3v) is 3.71. The van der Waals surface area contributed by atoms with Gasteiger partial charge in [0.15, 0.2) is 0 Å². The highest BCUT2D eigenvalue weighted by Crippen LogP contribution is 2.21. The second-order valence-electron chi connectivity index (χ2n) is 4.27. The summed E-state index contributed by atoms with van der Waals surface area (Å²) in [4.78, 5) is 0. The summed E-state index contributed by atoms with van der Waals surface area (Å²) in [7, 11) is 0. The van der Waals surface area contributed by atoms with E-state index in [0.29, 0.717) is 6.54 Å². The van der Waals surface area contributed by atoms with E-state index < -0.39 is 6.10 Å². The lowest BCUT2D eigenvalue weighted by Crippen LogP contribution is -2.12. The molecule has 0 saturated carbocycles. The van der Waals surface area contributed by atoms with Crippen molar-refractivity contribution in [1.29, 1.82) is 0 Å². The molecule has 0 aromatic heterocycles. The third kappa shape index (κ3) is 3.34. The summed E-state index contributed by atoms with van der Waals surface area (Å²) in [5.41, 5.74) is 3.13. The normalized spacial score (nSPS) is 12.2. The molecule has 0 heterocycles. The number of benzene rings is 2. The van der Waals surface area contributed by atoms with Crippen molar-refractivity contribution in [1.82, 2.24) is 0 Å². The Morgan fingerprint density at radius 3 is 2.56 bits per heavy atom. The van der Waals surface area contributed by atoms with Gasteiger partial charge in [0.1, 0.15) is 0 Å². The van der Waals surface area contributed by atoms with E-state index in [0.717, 1.165) is 15.7 Å². The molecule has 0 radical (unpaired) electrons. The number of anilines is 1. The molecule has 2 aromatic carbocycles. The molecule has 94 valence electrons. The van der Waals surface area contributed by atoms with Crippen LogP contribution in [0, 0.1) is 6.92 Å². The van der Waals surface area contributed by atoms with Gasteiger partial charge in [0.25, 0.3) is 0 Å². The summed E-state index contributed by atoms with van der Waals surface area (Å²) >= 11 is 3.50. The summed E-state index contributed by atoms with van der Waals surface area (Å²) in [6.45, 7) is 2.55. The number of aryl methyl sites for hydroxylation is 1. The summed E-state index contributed by atoms with van der Waals surface area (Å²) in [5.74, 6) is 0. The number of halogens is 1. The van der Waals surface area contributed by atoms with Crippen molar-refractivity contribution in [2.24, 2.45) is 0 Å². The van der Waals surface area contributed by atoms with Crippen LogP contribution in [-0.2, 0) is 0 Å². The van der Waals surface area contributed by atoms with Crippen LogP contribution in [0.1, 0.15) is 17.2 Å². The highest BCUT2D eigenvalue weighted by molar-refractivity contribution is 9.10. The predicted molar refractivity (Wildman–Crippen MR) is 78.8 cm³/mol. The van der Waals surface area contributed by atoms with E-state index in [4.69, 9.17) is 0 Å². The lowest BCUT2D eigenvalue weighted by atomic mass is 10.1. The zero-order valence-electron chi connectivity index (χ0n) is 10.2. The van der Waals surface area contributed by atoms with E-state index in [2.05, 4.69) is 21.2 Å². The quantitative estimate of drug-likeness (QED) is 0.898. The molecule has 0 bridgehead atoms. The van der Waals surface area contributed by atoms with Crippen molar-refractivity contribution in [2.75, 3.05) is 11.9 Å². The summed E-state index contributed by atoms with van der Waals surface area (Å²) in [5, 5.41) is 13.3. The maximum atomic E-state index is 10.0. The van der Waals surface area contributed by atoms with Crippen molar-refractivity contribution in [2.45, 2.75) is 13.0 Å². The molecule has 0 aliphatic carbocycles. The minimum Gasteiger partial charge on any atom is -0.387 e. The smallest absolute Gasteiger partial charge is 0.0962 e. The van der Waals surface area contributed by atoms with Crippen molar-refractivity contribution >= 4 is 21.6 Å². The minimum atomic E-state index is -0.494. The van der Waals surface area contributed by atoms with E-state index in [1.54, 1.807) is 0 Å². The molecule has 2 N–H and O–H groups in total. The van der Waals surface area contributed by atoms with Crippen LogP contribution in [0.5, 0.6) is 0 Å². The van der Waals surface area contributed by atoms with E-state index in [1.165, 1.54) is 5.56 Å². The van der Waals surface area contributed by atoms with E-state index in [1.807, 2.05) is 55.5 Å². The Morgan fingerprint density at radius 1 is 1.17 bits per heavy atom. The summed E-state index contributed by atoms with van der Waals surface area (Å²) in [6.07, 6.45) is -0.494. The predicted octanol–water partition coefficient (Wildman–Crippen LogP) is 3.90. The number of aliphatic hydroxyl groups excluding tert-OH is 1. The molecule has 0 aliphatic rings. The molecule has 18 heavy (non-hydrogen) atoms. The third-order valence-electron chi connectivity index (χ3n) is 2.86. The zero-order chi connectivity index (χ0) is 13.0. The second-order valence-corrected chi connectivity index (χ2v) is 5.13. The van der Waals surface area contributed by atoms with Crippen LogP contribution in [0.25, 0.3) is 0 Å². The molecule has 0 aliphatic heterocycles. The molecule has 0 amide bonds. The van der Waals surface area contributed by atoms with Crippen LogP contribution in [0.4, 0.5) is 5.69 Å². The Bertz CT molecular complexity index is 513. The fourth-order valence-electron chi connectivity index (χ4n) is 1.71. The molecule has 0 spiro atoms. The topological polar surface area (TPSA) is 32.3 Å². The van der Waals surface area contributed by atoms with Gasteiger partial charge in [0.05, 0.1) is 6.10 Å². The zero-order valence-corrected chi connectivity index (χ0v) is 11.8. The molecule has 0 fully saturated rings. The van der Waals surface area contributed by atoms with Crippen LogP contribution in [-0.4, -0.2) is 11.7 Å². The van der Waals surface area contributed by atoms with E-state index in [9.17, 15) is 5.11 Å². The monoisotopic (exact) mass is 305 g/mol. The van der Waals surface area contributed by atoms with Crippen molar-refractivity contribution in [3.63, 3.8) is 0 Å². The first kappa shape index (κ1) is 13.1. The van der Waals surface area contributed by atoms with Gasteiger partial charge in [-0.15, -0.1) is 0 Å². The average Bonchev–Trinajstić information content (AvgIpc) is 2.41. The van der Waals surface area contributed by atoms with Crippen LogP contribution < -0.4 is 5.32 Å².